The average molecular weight is 397 g/mol. The fraction of sp³-hybridized carbons (Fsp3) is 0.118. The van der Waals surface area contributed by atoms with Crippen LogP contribution in [0.4, 0.5) is 0 Å². The molecule has 0 spiro atoms. The molecule has 3 aromatic rings. The Labute approximate surface area is 154 Å². The summed E-state index contributed by atoms with van der Waals surface area (Å²) in [6, 6.07) is 11.3. The first-order chi connectivity index (χ1) is 11.8. The van der Waals surface area contributed by atoms with Gasteiger partial charge in [0.15, 0.2) is 0 Å². The van der Waals surface area contributed by atoms with Gasteiger partial charge in [-0.05, 0) is 48.7 Å². The molecule has 0 aliphatic carbocycles. The number of H-pyrrole nitrogens is 1. The third-order valence-corrected chi connectivity index (χ3v) is 5.87. The van der Waals surface area contributed by atoms with Crippen molar-refractivity contribution < 1.29 is 8.42 Å². The van der Waals surface area contributed by atoms with Gasteiger partial charge in [-0.15, -0.1) is 0 Å². The largest absolute Gasteiger partial charge is 0.322 e. The van der Waals surface area contributed by atoms with Crippen LogP contribution in [0.3, 0.4) is 0 Å². The van der Waals surface area contributed by atoms with Gasteiger partial charge in [0, 0.05) is 17.6 Å². The lowest BCUT2D eigenvalue weighted by atomic mass is 10.1. The third kappa shape index (κ3) is 3.88. The number of fused-ring (bicyclic) bond motifs is 1. The molecule has 0 aliphatic rings. The fourth-order valence-corrected chi connectivity index (χ4v) is 3.80. The zero-order chi connectivity index (χ0) is 18.2. The van der Waals surface area contributed by atoms with Crippen molar-refractivity contribution in [3.8, 4) is 0 Å². The van der Waals surface area contributed by atoms with Crippen LogP contribution >= 0.6 is 23.2 Å². The number of aryl methyl sites for hydroxylation is 1. The first-order valence-corrected chi connectivity index (χ1v) is 9.57. The Morgan fingerprint density at radius 3 is 2.52 bits per heavy atom. The minimum absolute atomic E-state index is 0.0186. The molecule has 3 rings (SSSR count). The summed E-state index contributed by atoms with van der Waals surface area (Å²) in [5.41, 5.74) is 1.73. The topological polar surface area (TPSA) is 79.0 Å². The maximum absolute atomic E-state index is 12.4. The molecule has 5 nitrogen and oxygen atoms in total. The predicted octanol–water partition coefficient (Wildman–Crippen LogP) is 3.62. The summed E-state index contributed by atoms with van der Waals surface area (Å²) in [5, 5.41) is 1.24. The summed E-state index contributed by atoms with van der Waals surface area (Å²) in [6.07, 6.45) is 0. The van der Waals surface area contributed by atoms with Gasteiger partial charge < -0.3 is 4.98 Å². The lowest BCUT2D eigenvalue weighted by Crippen LogP contribution is -2.27. The summed E-state index contributed by atoms with van der Waals surface area (Å²) in [7, 11) is -3.82. The van der Waals surface area contributed by atoms with Crippen molar-refractivity contribution in [2.75, 3.05) is 0 Å². The minimum atomic E-state index is -3.82. The van der Waals surface area contributed by atoms with Crippen LogP contribution in [0.1, 0.15) is 11.1 Å². The van der Waals surface area contributed by atoms with Crippen LogP contribution in [0.25, 0.3) is 10.9 Å². The van der Waals surface area contributed by atoms with E-state index in [1.54, 1.807) is 6.07 Å². The Hall–Kier alpha value is -1.86. The molecule has 0 amide bonds. The molecule has 1 aromatic heterocycles. The smallest absolute Gasteiger partial charge is 0.252 e. The van der Waals surface area contributed by atoms with Gasteiger partial charge in [-0.2, -0.15) is 0 Å². The van der Waals surface area contributed by atoms with Gasteiger partial charge in [-0.25, -0.2) is 13.1 Å². The molecule has 0 bridgehead atoms. The van der Waals surface area contributed by atoms with Crippen molar-refractivity contribution in [3.63, 3.8) is 0 Å². The summed E-state index contributed by atoms with van der Waals surface area (Å²) >= 11 is 11.7. The number of rotatable bonds is 4. The quantitative estimate of drug-likeness (QED) is 0.706. The van der Waals surface area contributed by atoms with Crippen LogP contribution in [0.5, 0.6) is 0 Å². The maximum Gasteiger partial charge on any atom is 0.252 e. The zero-order valence-electron chi connectivity index (χ0n) is 13.1. The average Bonchev–Trinajstić information content (AvgIpc) is 2.55. The van der Waals surface area contributed by atoms with Gasteiger partial charge in [-0.3, -0.25) is 4.79 Å². The molecule has 8 heteroatoms. The van der Waals surface area contributed by atoms with Gasteiger partial charge in [0.25, 0.3) is 5.56 Å². The van der Waals surface area contributed by atoms with Crippen molar-refractivity contribution in [2.24, 2.45) is 0 Å². The molecule has 2 N–H and O–H groups in total. The van der Waals surface area contributed by atoms with Gasteiger partial charge in [0.1, 0.15) is 0 Å². The van der Waals surface area contributed by atoms with Crippen LogP contribution in [0, 0.1) is 6.92 Å². The number of aromatic amines is 1. The molecule has 1 heterocycles. The molecule has 0 atom stereocenters. The summed E-state index contributed by atoms with van der Waals surface area (Å²) in [6.45, 7) is 1.80. The van der Waals surface area contributed by atoms with E-state index in [9.17, 15) is 13.2 Å². The van der Waals surface area contributed by atoms with Gasteiger partial charge in [0.2, 0.25) is 10.0 Å². The van der Waals surface area contributed by atoms with Crippen molar-refractivity contribution >= 4 is 44.1 Å². The van der Waals surface area contributed by atoms with E-state index in [1.165, 1.54) is 18.2 Å². The first kappa shape index (κ1) is 17.9. The first-order valence-electron chi connectivity index (χ1n) is 7.33. The van der Waals surface area contributed by atoms with Gasteiger partial charge >= 0.3 is 0 Å². The molecule has 2 aromatic carbocycles. The molecule has 0 fully saturated rings. The number of sulfonamides is 1. The fourth-order valence-electron chi connectivity index (χ4n) is 2.40. The molecule has 0 saturated carbocycles. The Morgan fingerprint density at radius 2 is 1.80 bits per heavy atom. The molecular formula is C17H14Cl2N2O3S. The molecule has 0 aliphatic heterocycles. The molecule has 25 heavy (non-hydrogen) atoms. The highest BCUT2D eigenvalue weighted by molar-refractivity contribution is 7.89. The predicted molar refractivity (Wildman–Crippen MR) is 99.8 cm³/mol. The minimum Gasteiger partial charge on any atom is -0.322 e. The third-order valence-electron chi connectivity index (χ3n) is 3.73. The van der Waals surface area contributed by atoms with Crippen molar-refractivity contribution in [1.29, 1.82) is 0 Å². The van der Waals surface area contributed by atoms with Crippen LogP contribution < -0.4 is 10.3 Å². The highest BCUT2D eigenvalue weighted by atomic mass is 35.5. The number of hydrogen-bond donors (Lipinski definition) is 2. The zero-order valence-corrected chi connectivity index (χ0v) is 15.5. The Kier molecular flexibility index (Phi) is 4.88. The van der Waals surface area contributed by atoms with E-state index in [2.05, 4.69) is 9.71 Å². The molecule has 0 saturated heterocycles. The summed E-state index contributed by atoms with van der Waals surface area (Å²) < 4.78 is 27.2. The van der Waals surface area contributed by atoms with E-state index in [4.69, 9.17) is 23.2 Å². The Morgan fingerprint density at radius 1 is 1.04 bits per heavy atom. The number of benzene rings is 2. The van der Waals surface area contributed by atoms with E-state index in [1.807, 2.05) is 25.1 Å². The van der Waals surface area contributed by atoms with Crippen LogP contribution in [-0.4, -0.2) is 13.4 Å². The van der Waals surface area contributed by atoms with E-state index < -0.39 is 10.0 Å². The van der Waals surface area contributed by atoms with Crippen molar-refractivity contribution in [3.05, 3.63) is 74.0 Å². The number of aromatic nitrogens is 1. The van der Waals surface area contributed by atoms with E-state index in [0.29, 0.717) is 11.1 Å². The highest BCUT2D eigenvalue weighted by Crippen LogP contribution is 2.24. The number of nitrogens with one attached hydrogen (secondary N) is 2. The second-order valence-corrected chi connectivity index (χ2v) is 8.20. The molecule has 130 valence electrons. The van der Waals surface area contributed by atoms with E-state index in [0.717, 1.165) is 10.9 Å². The SMILES string of the molecule is Cc1ccc2[nH]c(=O)c(CNS(=O)(=O)c3ccc(Cl)c(Cl)c3)cc2c1. The Bertz CT molecular complexity index is 1120. The monoisotopic (exact) mass is 396 g/mol. The van der Waals surface area contributed by atoms with Crippen LogP contribution in [0.15, 0.2) is 52.2 Å². The van der Waals surface area contributed by atoms with E-state index >= 15 is 0 Å². The molecule has 0 unspecified atom stereocenters. The summed E-state index contributed by atoms with van der Waals surface area (Å²) in [5.74, 6) is 0. The lowest BCUT2D eigenvalue weighted by Gasteiger charge is -2.08. The number of pyridine rings is 1. The van der Waals surface area contributed by atoms with Crippen LogP contribution in [-0.2, 0) is 16.6 Å². The maximum atomic E-state index is 12.4. The van der Waals surface area contributed by atoms with E-state index in [-0.39, 0.29) is 27.0 Å². The second-order valence-electron chi connectivity index (χ2n) is 5.61. The van der Waals surface area contributed by atoms with Gasteiger partial charge in [0.05, 0.1) is 14.9 Å². The standard InChI is InChI=1S/C17H14Cl2N2O3S/c1-10-2-5-16-11(6-10)7-12(17(22)21-16)9-20-25(23,24)13-3-4-14(18)15(19)8-13/h2-8,20H,9H2,1H3,(H,21,22). The van der Waals surface area contributed by atoms with Crippen molar-refractivity contribution in [1.82, 2.24) is 9.71 Å². The lowest BCUT2D eigenvalue weighted by molar-refractivity contribution is 0.581. The normalized spacial score (nSPS) is 11.8. The molecule has 0 radical (unpaired) electrons. The molecular weight excluding hydrogens is 383 g/mol. The number of hydrogen-bond acceptors (Lipinski definition) is 3. The van der Waals surface area contributed by atoms with Gasteiger partial charge in [-0.1, -0.05) is 34.8 Å². The second kappa shape index (κ2) is 6.80. The summed E-state index contributed by atoms with van der Waals surface area (Å²) in [4.78, 5) is 14.9. The highest BCUT2D eigenvalue weighted by Gasteiger charge is 2.16. The van der Waals surface area contributed by atoms with Crippen molar-refractivity contribution in [2.45, 2.75) is 18.4 Å². The Balaban J connectivity index is 1.89. The van der Waals surface area contributed by atoms with Crippen LogP contribution in [0.2, 0.25) is 10.0 Å². The number of halogens is 2.